The van der Waals surface area contributed by atoms with Crippen LogP contribution in [0.1, 0.15) is 61.9 Å². The lowest BCUT2D eigenvalue weighted by Crippen LogP contribution is -2.42. The summed E-state index contributed by atoms with van der Waals surface area (Å²) in [5.41, 5.74) is 1.97. The first-order chi connectivity index (χ1) is 14.8. The van der Waals surface area contributed by atoms with Crippen molar-refractivity contribution in [2.75, 3.05) is 17.2 Å². The SMILES string of the molecule is CC(=O)Nc1cc(NC(C)=O)cc(C(=O)NCC2(c3ccc(F)cc3)CCCCC2)c1. The molecule has 1 saturated carbocycles. The van der Waals surface area contributed by atoms with Crippen molar-refractivity contribution in [2.45, 2.75) is 51.4 Å². The Balaban J connectivity index is 1.82. The van der Waals surface area contributed by atoms with E-state index >= 15 is 0 Å². The zero-order valence-corrected chi connectivity index (χ0v) is 17.9. The van der Waals surface area contributed by atoms with Crippen molar-refractivity contribution in [3.05, 3.63) is 59.4 Å². The maximum absolute atomic E-state index is 13.4. The molecule has 0 saturated heterocycles. The minimum Gasteiger partial charge on any atom is -0.351 e. The second-order valence-electron chi connectivity index (χ2n) is 8.19. The average Bonchev–Trinajstić information content (AvgIpc) is 2.72. The number of nitrogens with one attached hydrogen (secondary N) is 3. The van der Waals surface area contributed by atoms with E-state index in [0.717, 1.165) is 37.7 Å². The number of halogens is 1. The molecule has 1 fully saturated rings. The molecule has 0 spiro atoms. The van der Waals surface area contributed by atoms with Crippen LogP contribution in [-0.4, -0.2) is 24.3 Å². The number of rotatable bonds is 6. The van der Waals surface area contributed by atoms with Crippen molar-refractivity contribution >= 4 is 29.1 Å². The Morgan fingerprint density at radius 3 is 1.94 bits per heavy atom. The van der Waals surface area contributed by atoms with Gasteiger partial charge in [0.15, 0.2) is 0 Å². The summed E-state index contributed by atoms with van der Waals surface area (Å²) < 4.78 is 13.4. The highest BCUT2D eigenvalue weighted by atomic mass is 19.1. The molecular formula is C24H28FN3O3. The Bertz CT molecular complexity index is 932. The third-order valence-electron chi connectivity index (χ3n) is 5.69. The van der Waals surface area contributed by atoms with Crippen LogP contribution in [0, 0.1) is 5.82 Å². The van der Waals surface area contributed by atoms with Crippen molar-refractivity contribution in [3.8, 4) is 0 Å². The maximum Gasteiger partial charge on any atom is 0.251 e. The van der Waals surface area contributed by atoms with Gasteiger partial charge < -0.3 is 16.0 Å². The first-order valence-corrected chi connectivity index (χ1v) is 10.5. The molecular weight excluding hydrogens is 397 g/mol. The normalized spacial score (nSPS) is 15.1. The van der Waals surface area contributed by atoms with Gasteiger partial charge in [0.1, 0.15) is 5.82 Å². The molecule has 2 aromatic carbocycles. The Morgan fingerprint density at radius 1 is 0.871 bits per heavy atom. The number of anilines is 2. The number of carbonyl (C=O) groups excluding carboxylic acids is 3. The van der Waals surface area contributed by atoms with Crippen molar-refractivity contribution in [3.63, 3.8) is 0 Å². The molecule has 0 bridgehead atoms. The molecule has 164 valence electrons. The number of carbonyl (C=O) groups is 3. The third kappa shape index (κ3) is 5.90. The largest absolute Gasteiger partial charge is 0.351 e. The summed E-state index contributed by atoms with van der Waals surface area (Å²) in [7, 11) is 0. The predicted octanol–water partition coefficient (Wildman–Crippen LogP) is 4.37. The van der Waals surface area contributed by atoms with Crippen LogP contribution in [0.3, 0.4) is 0 Å². The molecule has 0 radical (unpaired) electrons. The molecule has 1 aliphatic carbocycles. The number of hydrogen-bond donors (Lipinski definition) is 3. The molecule has 0 heterocycles. The molecule has 1 aliphatic rings. The van der Waals surface area contributed by atoms with E-state index in [0.29, 0.717) is 23.5 Å². The molecule has 0 unspecified atom stereocenters. The van der Waals surface area contributed by atoms with E-state index in [9.17, 15) is 18.8 Å². The zero-order valence-electron chi connectivity index (χ0n) is 17.9. The van der Waals surface area contributed by atoms with E-state index in [4.69, 9.17) is 0 Å². The topological polar surface area (TPSA) is 87.3 Å². The van der Waals surface area contributed by atoms with Gasteiger partial charge in [-0.05, 0) is 48.7 Å². The smallest absolute Gasteiger partial charge is 0.251 e. The molecule has 31 heavy (non-hydrogen) atoms. The standard InChI is InChI=1S/C24H28FN3O3/c1-16(29)27-21-12-18(13-22(14-21)28-17(2)30)23(31)26-15-24(10-4-3-5-11-24)19-6-8-20(25)9-7-19/h6-9,12-14H,3-5,10-11,15H2,1-2H3,(H,26,31)(H,27,29)(H,28,30). The number of amides is 3. The Hall–Kier alpha value is -3.22. The third-order valence-corrected chi connectivity index (χ3v) is 5.69. The van der Waals surface area contributed by atoms with Crippen LogP contribution in [0.15, 0.2) is 42.5 Å². The second kappa shape index (κ2) is 9.73. The van der Waals surface area contributed by atoms with E-state index in [-0.39, 0.29) is 29.0 Å². The van der Waals surface area contributed by atoms with E-state index in [1.54, 1.807) is 30.3 Å². The van der Waals surface area contributed by atoms with E-state index in [2.05, 4.69) is 16.0 Å². The Labute approximate surface area is 181 Å². The fourth-order valence-electron chi connectivity index (χ4n) is 4.26. The quantitative estimate of drug-likeness (QED) is 0.642. The van der Waals surface area contributed by atoms with E-state index in [1.807, 2.05) is 0 Å². The van der Waals surface area contributed by atoms with Crippen LogP contribution in [0.4, 0.5) is 15.8 Å². The van der Waals surface area contributed by atoms with Crippen molar-refractivity contribution in [2.24, 2.45) is 0 Å². The van der Waals surface area contributed by atoms with E-state index < -0.39 is 0 Å². The molecule has 0 aliphatic heterocycles. The maximum atomic E-state index is 13.4. The fraction of sp³-hybridized carbons (Fsp3) is 0.375. The highest BCUT2D eigenvalue weighted by Gasteiger charge is 2.34. The van der Waals surface area contributed by atoms with Crippen LogP contribution < -0.4 is 16.0 Å². The Morgan fingerprint density at radius 2 is 1.42 bits per heavy atom. The first kappa shape index (κ1) is 22.5. The highest BCUT2D eigenvalue weighted by Crippen LogP contribution is 2.39. The molecule has 0 atom stereocenters. The number of hydrogen-bond acceptors (Lipinski definition) is 3. The van der Waals surface area contributed by atoms with Crippen LogP contribution in [0.5, 0.6) is 0 Å². The fourth-order valence-corrected chi connectivity index (χ4v) is 4.26. The van der Waals surface area contributed by atoms with Gasteiger partial charge in [0.2, 0.25) is 11.8 Å². The van der Waals surface area contributed by atoms with Crippen molar-refractivity contribution in [1.82, 2.24) is 5.32 Å². The summed E-state index contributed by atoms with van der Waals surface area (Å²) in [5, 5.41) is 8.33. The van der Waals surface area contributed by atoms with Gasteiger partial charge in [-0.1, -0.05) is 31.4 Å². The van der Waals surface area contributed by atoms with Crippen molar-refractivity contribution < 1.29 is 18.8 Å². The van der Waals surface area contributed by atoms with Crippen molar-refractivity contribution in [1.29, 1.82) is 0 Å². The number of benzene rings is 2. The van der Waals surface area contributed by atoms with Gasteiger partial charge in [-0.25, -0.2) is 4.39 Å². The molecule has 7 heteroatoms. The molecule has 6 nitrogen and oxygen atoms in total. The Kier molecular flexibility index (Phi) is 7.05. The molecule has 0 aromatic heterocycles. The van der Waals surface area contributed by atoms with Gasteiger partial charge >= 0.3 is 0 Å². The molecule has 3 rings (SSSR count). The first-order valence-electron chi connectivity index (χ1n) is 10.5. The van der Waals surface area contributed by atoms with Gasteiger partial charge in [-0.2, -0.15) is 0 Å². The predicted molar refractivity (Wildman–Crippen MR) is 119 cm³/mol. The summed E-state index contributed by atoms with van der Waals surface area (Å²) in [6, 6.07) is 11.3. The molecule has 2 aromatic rings. The summed E-state index contributed by atoms with van der Waals surface area (Å²) in [4.78, 5) is 35.9. The summed E-state index contributed by atoms with van der Waals surface area (Å²) in [5.74, 6) is -1.13. The minimum absolute atomic E-state index is 0.239. The van der Waals surface area contributed by atoms with Crippen LogP contribution in [-0.2, 0) is 15.0 Å². The van der Waals surface area contributed by atoms with Crippen LogP contribution >= 0.6 is 0 Å². The van der Waals surface area contributed by atoms with Crippen LogP contribution in [0.25, 0.3) is 0 Å². The minimum atomic E-state index is -0.300. The van der Waals surface area contributed by atoms with Gasteiger partial charge in [-0.3, -0.25) is 14.4 Å². The highest BCUT2D eigenvalue weighted by molar-refractivity contribution is 6.00. The summed E-state index contributed by atoms with van der Waals surface area (Å²) >= 11 is 0. The lowest BCUT2D eigenvalue weighted by molar-refractivity contribution is -0.115. The molecule has 3 N–H and O–H groups in total. The lowest BCUT2D eigenvalue weighted by Gasteiger charge is -2.38. The van der Waals surface area contributed by atoms with Gasteiger partial charge in [0.05, 0.1) is 0 Å². The van der Waals surface area contributed by atoms with Crippen LogP contribution in [0.2, 0.25) is 0 Å². The van der Waals surface area contributed by atoms with Gasteiger partial charge in [0, 0.05) is 42.7 Å². The average molecular weight is 426 g/mol. The summed E-state index contributed by atoms with van der Waals surface area (Å²) in [6.45, 7) is 3.18. The monoisotopic (exact) mass is 425 g/mol. The van der Waals surface area contributed by atoms with Gasteiger partial charge in [0.25, 0.3) is 5.91 Å². The lowest BCUT2D eigenvalue weighted by atomic mass is 9.69. The summed E-state index contributed by atoms with van der Waals surface area (Å²) in [6.07, 6.45) is 5.09. The van der Waals surface area contributed by atoms with E-state index in [1.165, 1.54) is 26.0 Å². The van der Waals surface area contributed by atoms with Gasteiger partial charge in [-0.15, -0.1) is 0 Å². The zero-order chi connectivity index (χ0) is 22.4. The second-order valence-corrected chi connectivity index (χ2v) is 8.19. The molecule has 3 amide bonds.